The van der Waals surface area contributed by atoms with Crippen molar-refractivity contribution in [3.8, 4) is 11.5 Å². The first-order valence-electron chi connectivity index (χ1n) is 8.87. The molecule has 1 N–H and O–H groups in total. The standard InChI is InChI=1S/C21H23NO3/c1-24-18-8-9-19-15(13-18)12-16(14-25-19)20(23)22-21(10-5-11-21)17-6-3-2-4-7-17/h2-4,6-9,13,16H,5,10-12,14H2,1H3,(H,22,23). The summed E-state index contributed by atoms with van der Waals surface area (Å²) in [6, 6.07) is 16.1. The molecule has 2 aromatic carbocycles. The summed E-state index contributed by atoms with van der Waals surface area (Å²) >= 11 is 0. The van der Waals surface area contributed by atoms with Crippen molar-refractivity contribution in [2.45, 2.75) is 31.2 Å². The van der Waals surface area contributed by atoms with Crippen molar-refractivity contribution in [1.82, 2.24) is 5.32 Å². The van der Waals surface area contributed by atoms with Crippen LogP contribution in [0.25, 0.3) is 0 Å². The lowest BCUT2D eigenvalue weighted by molar-refractivity contribution is -0.129. The predicted molar refractivity (Wildman–Crippen MR) is 95.8 cm³/mol. The van der Waals surface area contributed by atoms with E-state index in [1.807, 2.05) is 36.4 Å². The number of nitrogens with one attached hydrogen (secondary N) is 1. The Kier molecular flexibility index (Phi) is 4.12. The fraction of sp³-hybridized carbons (Fsp3) is 0.381. The highest BCUT2D eigenvalue weighted by Crippen LogP contribution is 2.41. The number of carbonyl (C=O) groups is 1. The van der Waals surface area contributed by atoms with Crippen molar-refractivity contribution in [2.24, 2.45) is 5.92 Å². The Balaban J connectivity index is 1.50. The molecule has 1 unspecified atom stereocenters. The molecule has 4 rings (SSSR count). The average Bonchev–Trinajstić information content (AvgIpc) is 2.64. The molecule has 1 amide bonds. The molecule has 4 heteroatoms. The van der Waals surface area contributed by atoms with Crippen molar-refractivity contribution in [3.05, 3.63) is 59.7 Å². The molecule has 0 aromatic heterocycles. The van der Waals surface area contributed by atoms with Crippen LogP contribution in [0, 0.1) is 5.92 Å². The minimum atomic E-state index is -0.201. The summed E-state index contributed by atoms with van der Waals surface area (Å²) in [6.07, 6.45) is 3.83. The van der Waals surface area contributed by atoms with Gasteiger partial charge in [0.2, 0.25) is 5.91 Å². The van der Waals surface area contributed by atoms with Gasteiger partial charge >= 0.3 is 0 Å². The van der Waals surface area contributed by atoms with Gasteiger partial charge in [0, 0.05) is 0 Å². The lowest BCUT2D eigenvalue weighted by Gasteiger charge is -2.44. The average molecular weight is 337 g/mol. The van der Waals surface area contributed by atoms with Crippen molar-refractivity contribution in [1.29, 1.82) is 0 Å². The zero-order valence-electron chi connectivity index (χ0n) is 14.5. The molecule has 1 atom stereocenters. The highest BCUT2D eigenvalue weighted by atomic mass is 16.5. The number of carbonyl (C=O) groups excluding carboxylic acids is 1. The Morgan fingerprint density at radius 2 is 2.00 bits per heavy atom. The van der Waals surface area contributed by atoms with Crippen LogP contribution in [-0.4, -0.2) is 19.6 Å². The monoisotopic (exact) mass is 337 g/mol. The highest BCUT2D eigenvalue weighted by molar-refractivity contribution is 5.81. The van der Waals surface area contributed by atoms with Gasteiger partial charge in [0.15, 0.2) is 0 Å². The largest absolute Gasteiger partial charge is 0.497 e. The minimum Gasteiger partial charge on any atom is -0.497 e. The van der Waals surface area contributed by atoms with Crippen LogP contribution >= 0.6 is 0 Å². The summed E-state index contributed by atoms with van der Waals surface area (Å²) < 4.78 is 11.1. The highest BCUT2D eigenvalue weighted by Gasteiger charge is 2.41. The molecule has 1 heterocycles. The molecule has 1 fully saturated rings. The van der Waals surface area contributed by atoms with Gasteiger partial charge in [-0.15, -0.1) is 0 Å². The molecule has 0 radical (unpaired) electrons. The second-order valence-electron chi connectivity index (χ2n) is 6.98. The lowest BCUT2D eigenvalue weighted by atomic mass is 9.71. The van der Waals surface area contributed by atoms with Crippen molar-refractivity contribution >= 4 is 5.91 Å². The Morgan fingerprint density at radius 3 is 2.68 bits per heavy atom. The zero-order chi connectivity index (χ0) is 17.3. The van der Waals surface area contributed by atoms with E-state index < -0.39 is 0 Å². The van der Waals surface area contributed by atoms with Gasteiger partial charge in [-0.25, -0.2) is 0 Å². The number of amides is 1. The van der Waals surface area contributed by atoms with Crippen molar-refractivity contribution in [2.75, 3.05) is 13.7 Å². The van der Waals surface area contributed by atoms with E-state index in [2.05, 4.69) is 17.4 Å². The first-order valence-corrected chi connectivity index (χ1v) is 8.87. The second kappa shape index (κ2) is 6.43. The van der Waals surface area contributed by atoms with Crippen LogP contribution in [0.4, 0.5) is 0 Å². The van der Waals surface area contributed by atoms with Gasteiger partial charge in [-0.05, 0) is 55.0 Å². The van der Waals surface area contributed by atoms with Gasteiger partial charge in [-0.1, -0.05) is 30.3 Å². The fourth-order valence-corrected chi connectivity index (χ4v) is 3.78. The normalized spacial score (nSPS) is 20.6. The molecule has 1 aliphatic heterocycles. The number of ether oxygens (including phenoxy) is 2. The first-order chi connectivity index (χ1) is 12.2. The summed E-state index contributed by atoms with van der Waals surface area (Å²) in [5, 5.41) is 3.33. The van der Waals surface area contributed by atoms with Crippen LogP contribution in [0.5, 0.6) is 11.5 Å². The molecule has 130 valence electrons. The number of methoxy groups -OCH3 is 1. The van der Waals surface area contributed by atoms with E-state index in [4.69, 9.17) is 9.47 Å². The molecular weight excluding hydrogens is 314 g/mol. The number of benzene rings is 2. The molecule has 0 spiro atoms. The SMILES string of the molecule is COc1ccc2c(c1)CC(C(=O)NC1(c3ccccc3)CCC1)CO2. The zero-order valence-corrected chi connectivity index (χ0v) is 14.5. The Morgan fingerprint density at radius 1 is 1.20 bits per heavy atom. The Bertz CT molecular complexity index is 768. The quantitative estimate of drug-likeness (QED) is 0.930. The fourth-order valence-electron chi connectivity index (χ4n) is 3.78. The van der Waals surface area contributed by atoms with E-state index in [0.29, 0.717) is 13.0 Å². The Labute approximate surface area is 148 Å². The Hall–Kier alpha value is -2.49. The molecule has 4 nitrogen and oxygen atoms in total. The third-order valence-corrected chi connectivity index (χ3v) is 5.44. The molecule has 0 bridgehead atoms. The predicted octanol–water partition coefficient (Wildman–Crippen LogP) is 3.44. The number of rotatable bonds is 4. The first kappa shape index (κ1) is 16.0. The van der Waals surface area contributed by atoms with E-state index >= 15 is 0 Å². The molecule has 0 saturated heterocycles. The third-order valence-electron chi connectivity index (χ3n) is 5.44. The van der Waals surface area contributed by atoms with Gasteiger partial charge in [0.1, 0.15) is 18.1 Å². The van der Waals surface area contributed by atoms with Crippen LogP contribution in [0.3, 0.4) is 0 Å². The van der Waals surface area contributed by atoms with Crippen LogP contribution in [0.15, 0.2) is 48.5 Å². The van der Waals surface area contributed by atoms with Gasteiger partial charge in [0.05, 0.1) is 18.6 Å². The van der Waals surface area contributed by atoms with E-state index in [-0.39, 0.29) is 17.4 Å². The van der Waals surface area contributed by atoms with Gasteiger partial charge in [-0.3, -0.25) is 4.79 Å². The summed E-state index contributed by atoms with van der Waals surface area (Å²) in [5.41, 5.74) is 2.04. The maximum Gasteiger partial charge on any atom is 0.227 e. The van der Waals surface area contributed by atoms with E-state index in [9.17, 15) is 4.79 Å². The van der Waals surface area contributed by atoms with Crippen LogP contribution in [-0.2, 0) is 16.8 Å². The third kappa shape index (κ3) is 2.97. The smallest absolute Gasteiger partial charge is 0.227 e. The van der Waals surface area contributed by atoms with Gasteiger partial charge in [-0.2, -0.15) is 0 Å². The lowest BCUT2D eigenvalue weighted by Crippen LogP contribution is -2.53. The molecule has 1 saturated carbocycles. The van der Waals surface area contributed by atoms with Crippen LogP contribution in [0.1, 0.15) is 30.4 Å². The minimum absolute atomic E-state index is 0.0806. The van der Waals surface area contributed by atoms with Gasteiger partial charge in [0.25, 0.3) is 0 Å². The van der Waals surface area contributed by atoms with Crippen molar-refractivity contribution in [3.63, 3.8) is 0 Å². The summed E-state index contributed by atoms with van der Waals surface area (Å²) in [7, 11) is 1.65. The summed E-state index contributed by atoms with van der Waals surface area (Å²) in [5.74, 6) is 1.56. The van der Waals surface area contributed by atoms with E-state index in [1.165, 1.54) is 5.56 Å². The summed E-state index contributed by atoms with van der Waals surface area (Å²) in [4.78, 5) is 12.9. The topological polar surface area (TPSA) is 47.6 Å². The maximum absolute atomic E-state index is 12.9. The van der Waals surface area contributed by atoms with E-state index in [1.54, 1.807) is 7.11 Å². The molecule has 25 heavy (non-hydrogen) atoms. The second-order valence-corrected chi connectivity index (χ2v) is 6.98. The molecule has 2 aromatic rings. The number of hydrogen-bond acceptors (Lipinski definition) is 3. The summed E-state index contributed by atoms with van der Waals surface area (Å²) in [6.45, 7) is 0.427. The van der Waals surface area contributed by atoms with Gasteiger partial charge < -0.3 is 14.8 Å². The molecule has 2 aliphatic rings. The maximum atomic E-state index is 12.9. The number of hydrogen-bond donors (Lipinski definition) is 1. The molecular formula is C21H23NO3. The van der Waals surface area contributed by atoms with E-state index in [0.717, 1.165) is 36.3 Å². The number of fused-ring (bicyclic) bond motifs is 1. The van der Waals surface area contributed by atoms with Crippen LogP contribution in [0.2, 0.25) is 0 Å². The molecule has 1 aliphatic carbocycles. The van der Waals surface area contributed by atoms with Crippen LogP contribution < -0.4 is 14.8 Å². The van der Waals surface area contributed by atoms with Crippen molar-refractivity contribution < 1.29 is 14.3 Å².